The number of hydrogen-bond donors (Lipinski definition) is 1. The minimum Gasteiger partial charge on any atom is -0.369 e. The Hall–Kier alpha value is -0.910. The summed E-state index contributed by atoms with van der Waals surface area (Å²) in [5, 5.41) is 2.07. The van der Waals surface area contributed by atoms with Crippen LogP contribution in [-0.4, -0.2) is 12.0 Å². The second-order valence-electron chi connectivity index (χ2n) is 4.33. The molecule has 1 aromatic heterocycles. The molecule has 0 amide bonds. The predicted molar refractivity (Wildman–Crippen MR) is 81.0 cm³/mol. The Balaban J connectivity index is 2.16. The molecule has 1 unspecified atom stereocenters. The van der Waals surface area contributed by atoms with E-state index in [-0.39, 0.29) is 6.04 Å². The third-order valence-electron chi connectivity index (χ3n) is 2.80. The molecule has 2 rings (SSSR count). The number of benzene rings is 1. The fourth-order valence-electron chi connectivity index (χ4n) is 1.77. The van der Waals surface area contributed by atoms with Crippen LogP contribution in [0, 0.1) is 0 Å². The molecule has 2 aromatic rings. The van der Waals surface area contributed by atoms with Crippen LogP contribution in [0.15, 0.2) is 33.6 Å². The Bertz CT molecular complexity index is 511. The average Bonchev–Trinajstić information content (AvgIpc) is 2.81. The number of hydrogen-bond acceptors (Lipinski definition) is 4. The molecular formula is C13H16BrN3S. The zero-order chi connectivity index (χ0) is 13.1. The quantitative estimate of drug-likeness (QED) is 0.934. The van der Waals surface area contributed by atoms with Gasteiger partial charge in [-0.25, -0.2) is 4.98 Å². The van der Waals surface area contributed by atoms with Crippen molar-refractivity contribution in [3.05, 3.63) is 44.8 Å². The smallest absolute Gasteiger partial charge is 0.0795 e. The molecule has 0 radical (unpaired) electrons. The van der Waals surface area contributed by atoms with Crippen molar-refractivity contribution in [2.45, 2.75) is 19.5 Å². The summed E-state index contributed by atoms with van der Waals surface area (Å²) in [4.78, 5) is 6.47. The minimum absolute atomic E-state index is 0.0391. The number of nitrogens with two attached hydrogens (primary N) is 1. The molecule has 0 aliphatic carbocycles. The second kappa shape index (κ2) is 5.82. The largest absolute Gasteiger partial charge is 0.369 e. The van der Waals surface area contributed by atoms with E-state index in [1.165, 1.54) is 0 Å². The van der Waals surface area contributed by atoms with Gasteiger partial charge in [0.1, 0.15) is 0 Å². The molecule has 18 heavy (non-hydrogen) atoms. The van der Waals surface area contributed by atoms with Crippen LogP contribution >= 0.6 is 27.3 Å². The van der Waals surface area contributed by atoms with Gasteiger partial charge < -0.3 is 10.6 Å². The Kier molecular flexibility index (Phi) is 4.37. The van der Waals surface area contributed by atoms with Gasteiger partial charge in [-0.05, 0) is 24.6 Å². The van der Waals surface area contributed by atoms with Crippen molar-refractivity contribution in [3.8, 4) is 0 Å². The van der Waals surface area contributed by atoms with E-state index in [0.29, 0.717) is 0 Å². The number of halogens is 1. The molecule has 1 heterocycles. The molecule has 0 aliphatic heterocycles. The van der Waals surface area contributed by atoms with Crippen molar-refractivity contribution < 1.29 is 0 Å². The van der Waals surface area contributed by atoms with Crippen LogP contribution in [0.4, 0.5) is 5.69 Å². The van der Waals surface area contributed by atoms with Gasteiger partial charge in [0, 0.05) is 28.6 Å². The SMILES string of the molecule is CC(N)c1ccc(N(C)Cc2cscn2)cc1Br. The monoisotopic (exact) mass is 325 g/mol. The number of thiazole rings is 1. The van der Waals surface area contributed by atoms with E-state index in [1.807, 2.05) is 12.4 Å². The molecule has 0 aliphatic rings. The molecule has 0 bridgehead atoms. The predicted octanol–water partition coefficient (Wildman–Crippen LogP) is 3.56. The molecule has 3 nitrogen and oxygen atoms in total. The Morgan fingerprint density at radius 2 is 2.28 bits per heavy atom. The summed E-state index contributed by atoms with van der Waals surface area (Å²) in [5.41, 5.74) is 11.1. The third kappa shape index (κ3) is 3.10. The van der Waals surface area contributed by atoms with Crippen LogP contribution in [0.2, 0.25) is 0 Å². The molecule has 0 fully saturated rings. The summed E-state index contributed by atoms with van der Waals surface area (Å²) >= 11 is 5.20. The van der Waals surface area contributed by atoms with Crippen molar-refractivity contribution in [1.29, 1.82) is 0 Å². The van der Waals surface area contributed by atoms with E-state index < -0.39 is 0 Å². The summed E-state index contributed by atoms with van der Waals surface area (Å²) in [5.74, 6) is 0. The van der Waals surface area contributed by atoms with Crippen molar-refractivity contribution >= 4 is 33.0 Å². The molecule has 5 heteroatoms. The first kappa shape index (κ1) is 13.5. The van der Waals surface area contributed by atoms with Crippen LogP contribution in [-0.2, 0) is 6.54 Å². The zero-order valence-electron chi connectivity index (χ0n) is 10.4. The van der Waals surface area contributed by atoms with Gasteiger partial charge in [0.05, 0.1) is 17.7 Å². The molecule has 96 valence electrons. The fraction of sp³-hybridized carbons (Fsp3) is 0.308. The van der Waals surface area contributed by atoms with Crippen molar-refractivity contribution in [1.82, 2.24) is 4.98 Å². The molecule has 0 saturated carbocycles. The minimum atomic E-state index is 0.0391. The Morgan fingerprint density at radius 1 is 1.50 bits per heavy atom. The van der Waals surface area contributed by atoms with Crippen LogP contribution in [0.1, 0.15) is 24.2 Å². The van der Waals surface area contributed by atoms with E-state index >= 15 is 0 Å². The molecule has 2 N–H and O–H groups in total. The highest BCUT2D eigenvalue weighted by molar-refractivity contribution is 9.10. The van der Waals surface area contributed by atoms with E-state index in [1.54, 1.807) is 11.3 Å². The molecule has 0 spiro atoms. The van der Waals surface area contributed by atoms with Gasteiger partial charge in [0.2, 0.25) is 0 Å². The normalized spacial score (nSPS) is 12.4. The molecular weight excluding hydrogens is 310 g/mol. The lowest BCUT2D eigenvalue weighted by atomic mass is 10.1. The fourth-order valence-corrected chi connectivity index (χ4v) is 3.05. The lowest BCUT2D eigenvalue weighted by molar-refractivity contribution is 0.811. The Labute approximate surface area is 120 Å². The summed E-state index contributed by atoms with van der Waals surface area (Å²) in [6.45, 7) is 2.80. The topological polar surface area (TPSA) is 42.1 Å². The highest BCUT2D eigenvalue weighted by atomic mass is 79.9. The second-order valence-corrected chi connectivity index (χ2v) is 5.90. The van der Waals surface area contributed by atoms with Crippen molar-refractivity contribution in [2.24, 2.45) is 5.73 Å². The van der Waals surface area contributed by atoms with Crippen molar-refractivity contribution in [2.75, 3.05) is 11.9 Å². The van der Waals surface area contributed by atoms with Gasteiger partial charge in [-0.3, -0.25) is 0 Å². The highest BCUT2D eigenvalue weighted by Gasteiger charge is 2.09. The average molecular weight is 326 g/mol. The maximum absolute atomic E-state index is 5.90. The lowest BCUT2D eigenvalue weighted by Crippen LogP contribution is -2.17. The van der Waals surface area contributed by atoms with Crippen LogP contribution in [0.25, 0.3) is 0 Å². The number of rotatable bonds is 4. The van der Waals surface area contributed by atoms with Crippen LogP contribution in [0.3, 0.4) is 0 Å². The number of aromatic nitrogens is 1. The summed E-state index contributed by atoms with van der Waals surface area (Å²) in [6.07, 6.45) is 0. The van der Waals surface area contributed by atoms with E-state index in [2.05, 4.69) is 56.4 Å². The number of anilines is 1. The summed E-state index contributed by atoms with van der Waals surface area (Å²) in [7, 11) is 2.06. The van der Waals surface area contributed by atoms with Gasteiger partial charge in [0.15, 0.2) is 0 Å². The lowest BCUT2D eigenvalue weighted by Gasteiger charge is -2.20. The van der Waals surface area contributed by atoms with Gasteiger partial charge in [0.25, 0.3) is 0 Å². The maximum atomic E-state index is 5.90. The Morgan fingerprint density at radius 3 is 2.83 bits per heavy atom. The third-order valence-corrected chi connectivity index (χ3v) is 4.12. The van der Waals surface area contributed by atoms with E-state index in [4.69, 9.17) is 5.73 Å². The highest BCUT2D eigenvalue weighted by Crippen LogP contribution is 2.27. The standard InChI is InChI=1S/C13H16BrN3S/c1-9(15)12-4-3-11(5-13(12)14)17(2)6-10-7-18-8-16-10/h3-5,7-9H,6,15H2,1-2H3. The van der Waals surface area contributed by atoms with Gasteiger partial charge in [-0.2, -0.15) is 0 Å². The van der Waals surface area contributed by atoms with Gasteiger partial charge >= 0.3 is 0 Å². The first-order chi connectivity index (χ1) is 8.58. The summed E-state index contributed by atoms with van der Waals surface area (Å²) in [6, 6.07) is 6.31. The van der Waals surface area contributed by atoms with Crippen LogP contribution in [0.5, 0.6) is 0 Å². The first-order valence-electron chi connectivity index (χ1n) is 5.71. The van der Waals surface area contributed by atoms with Gasteiger partial charge in [-0.15, -0.1) is 11.3 Å². The van der Waals surface area contributed by atoms with E-state index in [0.717, 1.165) is 28.0 Å². The first-order valence-corrected chi connectivity index (χ1v) is 7.44. The van der Waals surface area contributed by atoms with E-state index in [9.17, 15) is 0 Å². The molecule has 1 aromatic carbocycles. The molecule has 1 atom stereocenters. The maximum Gasteiger partial charge on any atom is 0.0795 e. The molecule has 0 saturated heterocycles. The van der Waals surface area contributed by atoms with Gasteiger partial charge in [-0.1, -0.05) is 22.0 Å². The summed E-state index contributed by atoms with van der Waals surface area (Å²) < 4.78 is 1.06. The zero-order valence-corrected chi connectivity index (χ0v) is 12.8. The number of nitrogens with zero attached hydrogens (tertiary/aromatic N) is 2. The van der Waals surface area contributed by atoms with Crippen LogP contribution < -0.4 is 10.6 Å². The van der Waals surface area contributed by atoms with Crippen molar-refractivity contribution in [3.63, 3.8) is 0 Å².